The first-order valence-corrected chi connectivity index (χ1v) is 11.4. The van der Waals surface area contributed by atoms with Crippen molar-refractivity contribution in [3.8, 4) is 0 Å². The zero-order chi connectivity index (χ0) is 25.8. The summed E-state index contributed by atoms with van der Waals surface area (Å²) in [6, 6.07) is 18.7. The minimum Gasteiger partial charge on any atom is -0.458 e. The van der Waals surface area contributed by atoms with Crippen molar-refractivity contribution >= 4 is 24.1 Å². The number of hydrogen-bond donors (Lipinski definition) is 1. The van der Waals surface area contributed by atoms with Crippen molar-refractivity contribution in [1.29, 1.82) is 0 Å². The van der Waals surface area contributed by atoms with Gasteiger partial charge in [0, 0.05) is 6.54 Å². The summed E-state index contributed by atoms with van der Waals surface area (Å²) < 4.78 is 19.8. The fourth-order valence-corrected chi connectivity index (χ4v) is 3.18. The van der Waals surface area contributed by atoms with Gasteiger partial charge >= 0.3 is 24.1 Å². The van der Waals surface area contributed by atoms with Crippen LogP contribution in [-0.4, -0.2) is 60.9 Å². The molecule has 2 fully saturated rings. The quantitative estimate of drug-likeness (QED) is 0.336. The number of carbonyl (C=O) groups excluding carboxylic acids is 4. The van der Waals surface area contributed by atoms with Gasteiger partial charge in [-0.15, -0.1) is 0 Å². The van der Waals surface area contributed by atoms with Gasteiger partial charge in [-0.1, -0.05) is 72.8 Å². The molecule has 2 aromatic rings. The van der Waals surface area contributed by atoms with Crippen LogP contribution in [-0.2, 0) is 41.8 Å². The second-order valence-electron chi connectivity index (χ2n) is 7.81. The van der Waals surface area contributed by atoms with Crippen LogP contribution in [0.5, 0.6) is 0 Å². The number of amides is 2. The molecule has 4 rings (SSSR count). The SMILES string of the molecule is C/C=C/CN1C[C@@H](C(=O)OCc2ccccc2)OC1=O.O=C1NC[C@@H](C(=O)OCc2ccccc2)O1. The number of allylic oxidation sites excluding steroid dienone is 1. The molecule has 0 bridgehead atoms. The lowest BCUT2D eigenvalue weighted by atomic mass is 10.2. The van der Waals surface area contributed by atoms with E-state index in [2.05, 4.69) is 10.1 Å². The molecule has 0 spiro atoms. The average molecular weight is 497 g/mol. The first-order chi connectivity index (χ1) is 17.5. The fraction of sp³-hybridized carbons (Fsp3) is 0.308. The molecule has 0 radical (unpaired) electrons. The predicted molar refractivity (Wildman–Crippen MR) is 127 cm³/mol. The Morgan fingerprint density at radius 3 is 1.97 bits per heavy atom. The van der Waals surface area contributed by atoms with E-state index in [1.807, 2.05) is 79.7 Å². The minimum absolute atomic E-state index is 0.173. The maximum Gasteiger partial charge on any atom is 0.411 e. The van der Waals surface area contributed by atoms with E-state index in [9.17, 15) is 19.2 Å². The Morgan fingerprint density at radius 1 is 0.917 bits per heavy atom. The number of cyclic esters (lactones) is 2. The molecule has 10 heteroatoms. The number of alkyl carbamates (subject to hydrolysis) is 1. The highest BCUT2D eigenvalue weighted by molar-refractivity contribution is 5.83. The molecule has 2 aromatic carbocycles. The van der Waals surface area contributed by atoms with Crippen molar-refractivity contribution in [2.75, 3.05) is 19.6 Å². The summed E-state index contributed by atoms with van der Waals surface area (Å²) in [5, 5.41) is 2.39. The van der Waals surface area contributed by atoms with Gasteiger partial charge < -0.3 is 29.2 Å². The van der Waals surface area contributed by atoms with Crippen LogP contribution in [0.4, 0.5) is 9.59 Å². The van der Waals surface area contributed by atoms with E-state index in [0.29, 0.717) is 6.54 Å². The van der Waals surface area contributed by atoms with Crippen LogP contribution in [0.1, 0.15) is 18.1 Å². The second-order valence-corrected chi connectivity index (χ2v) is 7.81. The lowest BCUT2D eigenvalue weighted by molar-refractivity contribution is -0.153. The van der Waals surface area contributed by atoms with Crippen molar-refractivity contribution in [2.24, 2.45) is 0 Å². The van der Waals surface area contributed by atoms with Crippen LogP contribution >= 0.6 is 0 Å². The third-order valence-electron chi connectivity index (χ3n) is 5.10. The fourth-order valence-electron chi connectivity index (χ4n) is 3.18. The Morgan fingerprint density at radius 2 is 1.47 bits per heavy atom. The Kier molecular flexibility index (Phi) is 9.87. The Bertz CT molecular complexity index is 1060. The Balaban J connectivity index is 0.000000205. The highest BCUT2D eigenvalue weighted by Gasteiger charge is 2.36. The Labute approximate surface area is 208 Å². The van der Waals surface area contributed by atoms with Crippen molar-refractivity contribution in [3.05, 3.63) is 83.9 Å². The van der Waals surface area contributed by atoms with Gasteiger partial charge in [0.15, 0.2) is 0 Å². The molecule has 0 aliphatic carbocycles. The van der Waals surface area contributed by atoms with Gasteiger partial charge in [0.2, 0.25) is 12.2 Å². The number of rotatable bonds is 8. The van der Waals surface area contributed by atoms with E-state index >= 15 is 0 Å². The van der Waals surface area contributed by atoms with Crippen LogP contribution in [0, 0.1) is 0 Å². The zero-order valence-electron chi connectivity index (χ0n) is 19.8. The number of nitrogens with one attached hydrogen (secondary N) is 1. The van der Waals surface area contributed by atoms with E-state index in [1.54, 1.807) is 0 Å². The molecule has 10 nitrogen and oxygen atoms in total. The van der Waals surface area contributed by atoms with Gasteiger partial charge in [-0.05, 0) is 18.1 Å². The standard InChI is InChI=1S/C15H17NO4.C11H11NO4/c1-2-3-9-16-10-13(20-15(16)18)14(17)19-11-12-7-5-4-6-8-12;13-10(9-6-12-11(14)16-9)15-7-8-4-2-1-3-5-8/h2-8,13H,9-11H2,1H3;1-5,9H,6-7H2,(H,12,14)/b3-2+;/t13-;9-/m00/s1. The lowest BCUT2D eigenvalue weighted by Gasteiger charge is -2.09. The van der Waals surface area contributed by atoms with Crippen molar-refractivity contribution in [2.45, 2.75) is 32.3 Å². The summed E-state index contributed by atoms with van der Waals surface area (Å²) in [7, 11) is 0. The summed E-state index contributed by atoms with van der Waals surface area (Å²) in [5.74, 6) is -1.03. The summed E-state index contributed by atoms with van der Waals surface area (Å²) in [4.78, 5) is 47.0. The lowest BCUT2D eigenvalue weighted by Crippen LogP contribution is -2.29. The highest BCUT2D eigenvalue weighted by Crippen LogP contribution is 2.13. The molecule has 190 valence electrons. The zero-order valence-corrected chi connectivity index (χ0v) is 19.8. The first-order valence-electron chi connectivity index (χ1n) is 11.4. The second kappa shape index (κ2) is 13.5. The number of hydrogen-bond acceptors (Lipinski definition) is 8. The number of benzene rings is 2. The van der Waals surface area contributed by atoms with E-state index < -0.39 is 36.3 Å². The first kappa shape index (κ1) is 26.3. The van der Waals surface area contributed by atoms with Crippen molar-refractivity contribution in [1.82, 2.24) is 10.2 Å². The van der Waals surface area contributed by atoms with Crippen molar-refractivity contribution in [3.63, 3.8) is 0 Å². The monoisotopic (exact) mass is 496 g/mol. The van der Waals surface area contributed by atoms with Gasteiger partial charge in [0.25, 0.3) is 0 Å². The summed E-state index contributed by atoms with van der Waals surface area (Å²) >= 11 is 0. The molecule has 2 saturated heterocycles. The number of nitrogens with zero attached hydrogens (tertiary/aromatic N) is 1. The largest absolute Gasteiger partial charge is 0.458 e. The molecule has 2 heterocycles. The smallest absolute Gasteiger partial charge is 0.411 e. The molecule has 0 aromatic heterocycles. The maximum atomic E-state index is 11.8. The molecular formula is C26H28N2O8. The molecule has 2 atom stereocenters. The minimum atomic E-state index is -0.837. The third kappa shape index (κ3) is 8.15. The van der Waals surface area contributed by atoms with Crippen LogP contribution in [0.25, 0.3) is 0 Å². The molecular weight excluding hydrogens is 468 g/mol. The molecule has 0 saturated carbocycles. The van der Waals surface area contributed by atoms with Crippen LogP contribution < -0.4 is 5.32 Å². The number of carbonyl (C=O) groups is 4. The van der Waals surface area contributed by atoms with Crippen LogP contribution in [0.15, 0.2) is 72.8 Å². The van der Waals surface area contributed by atoms with Gasteiger partial charge in [-0.2, -0.15) is 0 Å². The molecule has 2 amide bonds. The molecule has 2 aliphatic heterocycles. The van der Waals surface area contributed by atoms with E-state index in [0.717, 1.165) is 11.1 Å². The van der Waals surface area contributed by atoms with E-state index in [1.165, 1.54) is 4.90 Å². The molecule has 2 aliphatic rings. The van der Waals surface area contributed by atoms with Gasteiger partial charge in [-0.3, -0.25) is 0 Å². The number of esters is 2. The third-order valence-corrected chi connectivity index (χ3v) is 5.10. The number of ether oxygens (including phenoxy) is 4. The van der Waals surface area contributed by atoms with E-state index in [4.69, 9.17) is 14.2 Å². The van der Waals surface area contributed by atoms with Gasteiger partial charge in [0.1, 0.15) is 13.2 Å². The van der Waals surface area contributed by atoms with Gasteiger partial charge in [0.05, 0.1) is 13.1 Å². The maximum absolute atomic E-state index is 11.8. The normalized spacial score (nSPS) is 18.5. The van der Waals surface area contributed by atoms with Crippen LogP contribution in [0.2, 0.25) is 0 Å². The molecule has 0 unspecified atom stereocenters. The van der Waals surface area contributed by atoms with Crippen LogP contribution in [0.3, 0.4) is 0 Å². The van der Waals surface area contributed by atoms with E-state index in [-0.39, 0.29) is 26.3 Å². The summed E-state index contributed by atoms with van der Waals surface area (Å²) in [5.41, 5.74) is 1.80. The average Bonchev–Trinajstić information content (AvgIpc) is 3.51. The summed E-state index contributed by atoms with van der Waals surface area (Å²) in [6.45, 7) is 3.09. The van der Waals surface area contributed by atoms with Crippen molar-refractivity contribution < 1.29 is 38.1 Å². The molecule has 1 N–H and O–H groups in total. The molecule has 36 heavy (non-hydrogen) atoms. The predicted octanol–water partition coefficient (Wildman–Crippen LogP) is 2.96. The Hall–Kier alpha value is -4.34. The topological polar surface area (TPSA) is 120 Å². The van der Waals surface area contributed by atoms with Gasteiger partial charge in [-0.25, -0.2) is 19.2 Å². The summed E-state index contributed by atoms with van der Waals surface area (Å²) in [6.07, 6.45) is 0.951. The highest BCUT2D eigenvalue weighted by atomic mass is 16.6.